The lowest BCUT2D eigenvalue weighted by Crippen LogP contribution is -2.03. The zero-order valence-electron chi connectivity index (χ0n) is 8.61. The number of carbonyl (C=O) groups is 1. The van der Waals surface area contributed by atoms with Gasteiger partial charge in [0.2, 0.25) is 0 Å². The Labute approximate surface area is 96.8 Å². The van der Waals surface area contributed by atoms with Gasteiger partial charge in [0.05, 0.1) is 6.42 Å². The molecule has 0 radical (unpaired) electrons. The summed E-state index contributed by atoms with van der Waals surface area (Å²) in [6.45, 7) is 1.82. The molecule has 0 bridgehead atoms. The van der Waals surface area contributed by atoms with Gasteiger partial charge in [-0.05, 0) is 23.6 Å². The lowest BCUT2D eigenvalue weighted by atomic mass is 9.97. The first kappa shape index (κ1) is 11.0. The molecular weight excluding hydrogens is 230 g/mol. The Bertz CT molecular complexity index is 535. The molecule has 4 nitrogen and oxygen atoms in total. The normalized spacial score (nSPS) is 12.9. The Morgan fingerprint density at radius 2 is 2.38 bits per heavy atom. The first-order valence-electron chi connectivity index (χ1n) is 4.82. The molecule has 1 unspecified atom stereocenters. The summed E-state index contributed by atoms with van der Waals surface area (Å²) in [6, 6.07) is 3.44. The molecule has 1 heterocycles. The molecule has 1 aromatic heterocycles. The number of hydrogen-bond acceptors (Lipinski definition) is 3. The van der Waals surface area contributed by atoms with Crippen molar-refractivity contribution in [3.63, 3.8) is 0 Å². The molecule has 0 spiro atoms. The highest BCUT2D eigenvalue weighted by molar-refractivity contribution is 6.32. The first-order valence-corrected chi connectivity index (χ1v) is 5.20. The summed E-state index contributed by atoms with van der Waals surface area (Å²) in [5.74, 6) is -0.999. The fourth-order valence-corrected chi connectivity index (χ4v) is 1.99. The Balaban J connectivity index is 2.42. The Morgan fingerprint density at radius 3 is 3.06 bits per heavy atom. The van der Waals surface area contributed by atoms with Crippen LogP contribution in [0.5, 0.6) is 0 Å². The van der Waals surface area contributed by atoms with Gasteiger partial charge in [-0.1, -0.05) is 18.5 Å². The highest BCUT2D eigenvalue weighted by atomic mass is 35.5. The van der Waals surface area contributed by atoms with E-state index in [4.69, 9.17) is 21.1 Å². The molecule has 5 heteroatoms. The molecular formula is C11H10ClNO3. The summed E-state index contributed by atoms with van der Waals surface area (Å²) in [4.78, 5) is 14.6. The number of halogens is 1. The van der Waals surface area contributed by atoms with Crippen LogP contribution in [0.3, 0.4) is 0 Å². The van der Waals surface area contributed by atoms with E-state index in [0.29, 0.717) is 16.1 Å². The molecule has 0 amide bonds. The van der Waals surface area contributed by atoms with Crippen molar-refractivity contribution in [2.75, 3.05) is 0 Å². The molecule has 1 N–H and O–H groups in total. The van der Waals surface area contributed by atoms with Crippen LogP contribution in [0, 0.1) is 0 Å². The number of aliphatic carboxylic acids is 1. The molecule has 16 heavy (non-hydrogen) atoms. The van der Waals surface area contributed by atoms with Crippen LogP contribution in [0.1, 0.15) is 24.8 Å². The van der Waals surface area contributed by atoms with Crippen molar-refractivity contribution >= 4 is 28.7 Å². The fourth-order valence-electron chi connectivity index (χ4n) is 1.64. The number of benzene rings is 1. The molecule has 1 aromatic carbocycles. The van der Waals surface area contributed by atoms with Gasteiger partial charge in [0.15, 0.2) is 12.0 Å². The number of oxazole rings is 1. The van der Waals surface area contributed by atoms with E-state index >= 15 is 0 Å². The molecule has 0 aliphatic heterocycles. The van der Waals surface area contributed by atoms with Crippen LogP contribution in [0.25, 0.3) is 11.1 Å². The van der Waals surface area contributed by atoms with Crippen molar-refractivity contribution in [2.24, 2.45) is 0 Å². The number of fused-ring (bicyclic) bond motifs is 1. The van der Waals surface area contributed by atoms with Gasteiger partial charge < -0.3 is 9.52 Å². The highest BCUT2D eigenvalue weighted by Crippen LogP contribution is 2.30. The predicted molar refractivity (Wildman–Crippen MR) is 59.7 cm³/mol. The van der Waals surface area contributed by atoms with Crippen LogP contribution >= 0.6 is 11.6 Å². The Hall–Kier alpha value is -1.55. The maximum absolute atomic E-state index is 10.6. The monoisotopic (exact) mass is 239 g/mol. The molecule has 84 valence electrons. The summed E-state index contributed by atoms with van der Waals surface area (Å²) in [7, 11) is 0. The van der Waals surface area contributed by atoms with Gasteiger partial charge in [0, 0.05) is 5.02 Å². The number of hydrogen-bond donors (Lipinski definition) is 1. The molecule has 0 aliphatic rings. The number of carboxylic acid groups (broad SMARTS) is 1. The van der Waals surface area contributed by atoms with Crippen LogP contribution in [0.15, 0.2) is 22.9 Å². The van der Waals surface area contributed by atoms with E-state index in [1.807, 2.05) is 6.92 Å². The van der Waals surface area contributed by atoms with Crippen molar-refractivity contribution in [1.29, 1.82) is 0 Å². The van der Waals surface area contributed by atoms with Gasteiger partial charge in [0.25, 0.3) is 0 Å². The third-order valence-corrected chi connectivity index (χ3v) is 2.79. The van der Waals surface area contributed by atoms with E-state index in [1.54, 1.807) is 12.1 Å². The smallest absolute Gasteiger partial charge is 0.303 e. The summed E-state index contributed by atoms with van der Waals surface area (Å²) in [5, 5.41) is 9.25. The van der Waals surface area contributed by atoms with Crippen molar-refractivity contribution < 1.29 is 14.3 Å². The van der Waals surface area contributed by atoms with E-state index in [0.717, 1.165) is 5.56 Å². The van der Waals surface area contributed by atoms with E-state index in [-0.39, 0.29) is 12.3 Å². The second-order valence-electron chi connectivity index (χ2n) is 3.69. The Morgan fingerprint density at radius 1 is 1.62 bits per heavy atom. The summed E-state index contributed by atoms with van der Waals surface area (Å²) in [5.41, 5.74) is 2.07. The van der Waals surface area contributed by atoms with E-state index in [2.05, 4.69) is 4.98 Å². The van der Waals surface area contributed by atoms with Crippen molar-refractivity contribution in [3.8, 4) is 0 Å². The van der Waals surface area contributed by atoms with Crippen LogP contribution in [-0.2, 0) is 4.79 Å². The molecule has 0 saturated carbocycles. The van der Waals surface area contributed by atoms with Gasteiger partial charge >= 0.3 is 5.97 Å². The molecule has 1 atom stereocenters. The first-order chi connectivity index (χ1) is 7.58. The minimum atomic E-state index is -0.846. The minimum absolute atomic E-state index is 0.0410. The predicted octanol–water partition coefficient (Wildman–Crippen LogP) is 3.06. The largest absolute Gasteiger partial charge is 0.481 e. The van der Waals surface area contributed by atoms with Crippen molar-refractivity contribution in [3.05, 3.63) is 29.1 Å². The second-order valence-corrected chi connectivity index (χ2v) is 4.10. The maximum Gasteiger partial charge on any atom is 0.303 e. The summed E-state index contributed by atoms with van der Waals surface area (Å²) in [6.07, 6.45) is 1.38. The molecule has 0 saturated heterocycles. The Kier molecular flexibility index (Phi) is 2.83. The van der Waals surface area contributed by atoms with Crippen molar-refractivity contribution in [2.45, 2.75) is 19.3 Å². The SMILES string of the molecule is CC(CC(=O)O)c1cc2ocnc2cc1Cl. The van der Waals surface area contributed by atoms with Crippen LogP contribution in [-0.4, -0.2) is 16.1 Å². The van der Waals surface area contributed by atoms with Crippen LogP contribution < -0.4 is 0 Å². The average molecular weight is 240 g/mol. The quantitative estimate of drug-likeness (QED) is 0.894. The van der Waals surface area contributed by atoms with E-state index in [1.165, 1.54) is 6.39 Å². The molecule has 0 fully saturated rings. The highest BCUT2D eigenvalue weighted by Gasteiger charge is 2.15. The third-order valence-electron chi connectivity index (χ3n) is 2.46. The number of carboxylic acids is 1. The van der Waals surface area contributed by atoms with Gasteiger partial charge in [-0.3, -0.25) is 4.79 Å². The zero-order chi connectivity index (χ0) is 11.7. The van der Waals surface area contributed by atoms with Crippen molar-refractivity contribution in [1.82, 2.24) is 4.98 Å². The van der Waals surface area contributed by atoms with Gasteiger partial charge in [-0.15, -0.1) is 0 Å². The lowest BCUT2D eigenvalue weighted by Gasteiger charge is -2.10. The van der Waals surface area contributed by atoms with E-state index < -0.39 is 5.97 Å². The standard InChI is InChI=1S/C11H10ClNO3/c1-6(2-11(14)15)7-3-10-9(4-8(7)12)13-5-16-10/h3-6H,2H2,1H3,(H,14,15). The lowest BCUT2D eigenvalue weighted by molar-refractivity contribution is -0.137. The maximum atomic E-state index is 10.6. The topological polar surface area (TPSA) is 63.3 Å². The van der Waals surface area contributed by atoms with Crippen LogP contribution in [0.4, 0.5) is 0 Å². The van der Waals surface area contributed by atoms with Crippen LogP contribution in [0.2, 0.25) is 5.02 Å². The second kappa shape index (κ2) is 4.14. The molecule has 0 aliphatic carbocycles. The molecule has 2 aromatic rings. The minimum Gasteiger partial charge on any atom is -0.481 e. The van der Waals surface area contributed by atoms with Gasteiger partial charge in [0.1, 0.15) is 5.52 Å². The zero-order valence-corrected chi connectivity index (χ0v) is 9.36. The van der Waals surface area contributed by atoms with E-state index in [9.17, 15) is 4.79 Å². The number of rotatable bonds is 3. The van der Waals surface area contributed by atoms with Gasteiger partial charge in [-0.2, -0.15) is 0 Å². The third kappa shape index (κ3) is 2.02. The number of aromatic nitrogens is 1. The summed E-state index contributed by atoms with van der Waals surface area (Å²) >= 11 is 6.06. The fraction of sp³-hybridized carbons (Fsp3) is 0.273. The number of nitrogens with zero attached hydrogens (tertiary/aromatic N) is 1. The summed E-state index contributed by atoms with van der Waals surface area (Å²) < 4.78 is 5.15. The van der Waals surface area contributed by atoms with Gasteiger partial charge in [-0.25, -0.2) is 4.98 Å². The molecule has 2 rings (SSSR count). The average Bonchev–Trinajstić information content (AvgIpc) is 2.61.